The molecule has 194 valence electrons. The van der Waals surface area contributed by atoms with E-state index in [2.05, 4.69) is 21.3 Å². The molecule has 0 bridgehead atoms. The molecule has 0 radical (unpaired) electrons. The molecule has 7 heteroatoms. The summed E-state index contributed by atoms with van der Waals surface area (Å²) in [5.74, 6) is 0.898. The normalized spacial score (nSPS) is 18.7. The molecule has 37 heavy (non-hydrogen) atoms. The number of ether oxygens (including phenoxy) is 2. The summed E-state index contributed by atoms with van der Waals surface area (Å²) in [7, 11) is 0. The number of carbonyl (C=O) groups excluding carboxylic acids is 2. The molecule has 7 nitrogen and oxygen atoms in total. The Hall–Kier alpha value is -3.32. The zero-order valence-electron chi connectivity index (χ0n) is 21.4. The van der Waals surface area contributed by atoms with Crippen LogP contribution in [0.1, 0.15) is 74.7 Å². The fourth-order valence-electron chi connectivity index (χ4n) is 5.63. The van der Waals surface area contributed by atoms with Gasteiger partial charge >= 0.3 is 6.03 Å². The summed E-state index contributed by atoms with van der Waals surface area (Å²) < 4.78 is 14.2. The zero-order valence-corrected chi connectivity index (χ0v) is 21.4. The van der Waals surface area contributed by atoms with Crippen LogP contribution in [0.4, 0.5) is 10.5 Å². The predicted molar refractivity (Wildman–Crippen MR) is 145 cm³/mol. The molecule has 2 amide bonds. The Bertz CT molecular complexity index is 1300. The van der Waals surface area contributed by atoms with E-state index in [1.54, 1.807) is 6.92 Å². The number of anilines is 1. The van der Waals surface area contributed by atoms with Crippen LogP contribution in [0.15, 0.2) is 42.5 Å². The first kappa shape index (κ1) is 24.0. The molecule has 2 aromatic carbocycles. The topological polar surface area (TPSA) is 81.6 Å². The highest BCUT2D eigenvalue weighted by Gasteiger charge is 2.29. The van der Waals surface area contributed by atoms with Crippen molar-refractivity contribution in [1.82, 2.24) is 9.88 Å². The van der Waals surface area contributed by atoms with Crippen molar-refractivity contribution < 1.29 is 19.1 Å². The van der Waals surface area contributed by atoms with Crippen LogP contribution < -0.4 is 15.4 Å². The monoisotopic (exact) mass is 501 g/mol. The highest BCUT2D eigenvalue weighted by atomic mass is 16.5. The summed E-state index contributed by atoms with van der Waals surface area (Å²) in [4.78, 5) is 25.3. The van der Waals surface area contributed by atoms with Gasteiger partial charge in [0.15, 0.2) is 5.78 Å². The lowest BCUT2D eigenvalue weighted by Crippen LogP contribution is -2.41. The zero-order chi connectivity index (χ0) is 25.4. The minimum Gasteiger partial charge on any atom is -0.490 e. The van der Waals surface area contributed by atoms with Crippen LogP contribution in [0.2, 0.25) is 0 Å². The van der Waals surface area contributed by atoms with E-state index in [4.69, 9.17) is 9.47 Å². The first-order valence-corrected chi connectivity index (χ1v) is 13.7. The summed E-state index contributed by atoms with van der Waals surface area (Å²) in [6.45, 7) is 3.12. The van der Waals surface area contributed by atoms with Crippen molar-refractivity contribution in [2.75, 3.05) is 18.5 Å². The van der Waals surface area contributed by atoms with Gasteiger partial charge in [-0.05, 0) is 75.3 Å². The molecule has 1 aromatic heterocycles. The third-order valence-corrected chi connectivity index (χ3v) is 8.10. The van der Waals surface area contributed by atoms with Gasteiger partial charge < -0.3 is 24.7 Å². The molecule has 3 fully saturated rings. The fourth-order valence-corrected chi connectivity index (χ4v) is 5.63. The van der Waals surface area contributed by atoms with Gasteiger partial charge in [-0.3, -0.25) is 4.79 Å². The van der Waals surface area contributed by atoms with E-state index in [0.717, 1.165) is 90.9 Å². The number of nitrogens with one attached hydrogen (secondary N) is 2. The summed E-state index contributed by atoms with van der Waals surface area (Å²) in [6, 6.07) is 14.5. The molecule has 0 spiro atoms. The molecule has 3 aromatic rings. The number of fused-ring (bicyclic) bond motifs is 1. The minimum atomic E-state index is -0.164. The van der Waals surface area contributed by atoms with E-state index in [9.17, 15) is 9.59 Å². The second-order valence-corrected chi connectivity index (χ2v) is 10.6. The number of aromatic nitrogens is 1. The van der Waals surface area contributed by atoms with Crippen LogP contribution in [0.25, 0.3) is 22.2 Å². The fraction of sp³-hybridized carbons (Fsp3) is 0.467. The Kier molecular flexibility index (Phi) is 6.63. The highest BCUT2D eigenvalue weighted by molar-refractivity contribution is 6.13. The maximum absolute atomic E-state index is 13.0. The molecule has 3 aliphatic rings. The van der Waals surface area contributed by atoms with E-state index in [-0.39, 0.29) is 24.0 Å². The Labute approximate surface area is 217 Å². The molecule has 6 rings (SSSR count). The first-order chi connectivity index (χ1) is 18.1. The number of Topliss-reactive ketones (excluding diaryl/α,β-unsaturated/α-hetero) is 1. The lowest BCUT2D eigenvalue weighted by molar-refractivity contribution is 0.0256. The summed E-state index contributed by atoms with van der Waals surface area (Å²) in [5.41, 5.74) is 4.48. The van der Waals surface area contributed by atoms with Gasteiger partial charge in [0.2, 0.25) is 0 Å². The van der Waals surface area contributed by atoms with Gasteiger partial charge in [-0.1, -0.05) is 12.1 Å². The van der Waals surface area contributed by atoms with E-state index in [1.807, 2.05) is 36.4 Å². The first-order valence-electron chi connectivity index (χ1n) is 13.7. The smallest absolute Gasteiger partial charge is 0.319 e. The van der Waals surface area contributed by atoms with Crippen LogP contribution in [0, 0.1) is 0 Å². The van der Waals surface area contributed by atoms with Crippen LogP contribution in [0.3, 0.4) is 0 Å². The third kappa shape index (κ3) is 4.85. The van der Waals surface area contributed by atoms with Gasteiger partial charge in [0.1, 0.15) is 11.9 Å². The molecule has 1 saturated heterocycles. The van der Waals surface area contributed by atoms with Crippen molar-refractivity contribution in [2.45, 2.75) is 76.5 Å². The SMILES string of the molecule is CC(=O)c1c(-c2ccc(NC(=O)NC3CCC3)cc2)n(C2CCC2)c2cc(OC3CCOCC3)ccc12. The number of urea groups is 1. The molecule has 0 unspecified atom stereocenters. The van der Waals surface area contributed by atoms with E-state index in [0.29, 0.717) is 6.04 Å². The van der Waals surface area contributed by atoms with E-state index in [1.165, 1.54) is 12.8 Å². The van der Waals surface area contributed by atoms with Crippen molar-refractivity contribution in [3.8, 4) is 17.0 Å². The van der Waals surface area contributed by atoms with Crippen LogP contribution >= 0.6 is 0 Å². The van der Waals surface area contributed by atoms with Crippen LogP contribution in [0.5, 0.6) is 5.75 Å². The minimum absolute atomic E-state index is 0.0539. The van der Waals surface area contributed by atoms with Gasteiger partial charge in [0, 0.05) is 42.1 Å². The van der Waals surface area contributed by atoms with Crippen molar-refractivity contribution in [3.63, 3.8) is 0 Å². The Balaban J connectivity index is 1.35. The Morgan fingerprint density at radius 2 is 1.68 bits per heavy atom. The van der Waals surface area contributed by atoms with Crippen LogP contribution in [-0.4, -0.2) is 41.7 Å². The highest BCUT2D eigenvalue weighted by Crippen LogP contribution is 2.44. The number of rotatable bonds is 7. The Morgan fingerprint density at radius 3 is 2.30 bits per heavy atom. The van der Waals surface area contributed by atoms with Crippen LogP contribution in [-0.2, 0) is 4.74 Å². The van der Waals surface area contributed by atoms with Gasteiger partial charge in [0.25, 0.3) is 0 Å². The van der Waals surface area contributed by atoms with Crippen molar-refractivity contribution >= 4 is 28.4 Å². The van der Waals surface area contributed by atoms with Crippen molar-refractivity contribution in [2.24, 2.45) is 0 Å². The molecule has 2 heterocycles. The summed E-state index contributed by atoms with van der Waals surface area (Å²) in [5, 5.41) is 6.92. The maximum atomic E-state index is 13.0. The van der Waals surface area contributed by atoms with Gasteiger partial charge in [-0.25, -0.2) is 4.79 Å². The average molecular weight is 502 g/mol. The molecule has 1 aliphatic heterocycles. The second kappa shape index (κ2) is 10.2. The van der Waals surface area contributed by atoms with E-state index < -0.39 is 0 Å². The molecule has 2 aliphatic carbocycles. The third-order valence-electron chi connectivity index (χ3n) is 8.10. The quantitative estimate of drug-likeness (QED) is 0.364. The second-order valence-electron chi connectivity index (χ2n) is 10.6. The van der Waals surface area contributed by atoms with Crippen molar-refractivity contribution in [3.05, 3.63) is 48.0 Å². The van der Waals surface area contributed by atoms with Gasteiger partial charge in [-0.15, -0.1) is 0 Å². The van der Waals surface area contributed by atoms with Crippen molar-refractivity contribution in [1.29, 1.82) is 0 Å². The molecule has 2 saturated carbocycles. The Morgan fingerprint density at radius 1 is 0.946 bits per heavy atom. The molecule has 0 atom stereocenters. The number of benzene rings is 2. The molecular weight excluding hydrogens is 466 g/mol. The number of ketones is 1. The molecular formula is C30H35N3O4. The van der Waals surface area contributed by atoms with Gasteiger partial charge in [-0.2, -0.15) is 0 Å². The lowest BCUT2D eigenvalue weighted by Gasteiger charge is -2.30. The maximum Gasteiger partial charge on any atom is 0.319 e. The van der Waals surface area contributed by atoms with Gasteiger partial charge in [0.05, 0.1) is 30.0 Å². The summed E-state index contributed by atoms with van der Waals surface area (Å²) >= 11 is 0. The summed E-state index contributed by atoms with van der Waals surface area (Å²) in [6.07, 6.45) is 8.61. The number of hydrogen-bond donors (Lipinski definition) is 2. The van der Waals surface area contributed by atoms with E-state index >= 15 is 0 Å². The molecule has 2 N–H and O–H groups in total. The number of carbonyl (C=O) groups is 2. The predicted octanol–water partition coefficient (Wildman–Crippen LogP) is 6.47. The lowest BCUT2D eigenvalue weighted by atomic mass is 9.92. The standard InChI is InChI=1S/C30H35N3O4/c1-19(34)28-26-13-12-25(37-24-14-16-36-17-15-24)18-27(26)33(23-6-3-7-23)29(28)20-8-10-22(11-9-20)32-30(35)31-21-4-2-5-21/h8-13,18,21,23-24H,2-7,14-17H2,1H3,(H2,31,32,35). The largest absolute Gasteiger partial charge is 0.490 e. The number of nitrogens with zero attached hydrogens (tertiary/aromatic N) is 1. The number of hydrogen-bond acceptors (Lipinski definition) is 4. The average Bonchev–Trinajstić information content (AvgIpc) is 3.16. The number of amides is 2.